The molecule has 0 saturated carbocycles. The lowest BCUT2D eigenvalue weighted by molar-refractivity contribution is 0.197. The summed E-state index contributed by atoms with van der Waals surface area (Å²) in [4.78, 5) is 4.20. The summed E-state index contributed by atoms with van der Waals surface area (Å²) < 4.78 is 0. The Labute approximate surface area is 141 Å². The predicted molar refractivity (Wildman–Crippen MR) is 95.7 cm³/mol. The fourth-order valence-corrected chi connectivity index (χ4v) is 2.99. The first-order valence-electron chi connectivity index (χ1n) is 7.46. The second-order valence-corrected chi connectivity index (χ2v) is 5.85. The van der Waals surface area contributed by atoms with Crippen molar-refractivity contribution in [3.63, 3.8) is 0 Å². The Kier molecular flexibility index (Phi) is 6.84. The molecule has 0 bridgehead atoms. The molecule has 22 heavy (non-hydrogen) atoms. The number of benzene rings is 2. The summed E-state index contributed by atoms with van der Waals surface area (Å²) in [6, 6.07) is 21.0. The molecule has 116 valence electrons. The van der Waals surface area contributed by atoms with Crippen LogP contribution in [0, 0.1) is 0 Å². The third kappa shape index (κ3) is 4.80. The molecule has 1 N–H and O–H groups in total. The highest BCUT2D eigenvalue weighted by atomic mass is 79.9. The summed E-state index contributed by atoms with van der Waals surface area (Å²) >= 11 is 3.37. The predicted octanol–water partition coefficient (Wildman–Crippen LogP) is 4.35. The van der Waals surface area contributed by atoms with Gasteiger partial charge < -0.3 is 5.11 Å². The highest BCUT2D eigenvalue weighted by Gasteiger charge is 2.18. The van der Waals surface area contributed by atoms with E-state index in [1.54, 1.807) is 0 Å². The zero-order valence-corrected chi connectivity index (χ0v) is 14.4. The zero-order chi connectivity index (χ0) is 15.8. The maximum absolute atomic E-state index is 9.55. The van der Waals surface area contributed by atoms with Crippen molar-refractivity contribution < 1.29 is 5.11 Å². The summed E-state index contributed by atoms with van der Waals surface area (Å²) in [6.07, 6.45) is 0. The minimum atomic E-state index is 0.0620. The molecule has 0 saturated heterocycles. The molecule has 0 spiro atoms. The SMILES string of the molecule is C[C@@H](/C(=C/Br)CO)N(Cc1ccccc1)Cc1ccccc1. The van der Waals surface area contributed by atoms with Crippen LogP contribution in [0.15, 0.2) is 71.2 Å². The van der Waals surface area contributed by atoms with Gasteiger partial charge in [-0.15, -0.1) is 0 Å². The van der Waals surface area contributed by atoms with E-state index >= 15 is 0 Å². The van der Waals surface area contributed by atoms with Gasteiger partial charge in [-0.1, -0.05) is 76.6 Å². The summed E-state index contributed by atoms with van der Waals surface area (Å²) in [5, 5.41) is 9.55. The number of nitrogens with zero attached hydrogens (tertiary/aromatic N) is 1. The van der Waals surface area contributed by atoms with Crippen LogP contribution < -0.4 is 0 Å². The van der Waals surface area contributed by atoms with E-state index in [1.807, 2.05) is 17.1 Å². The van der Waals surface area contributed by atoms with Crippen LogP contribution in [0.4, 0.5) is 0 Å². The lowest BCUT2D eigenvalue weighted by atomic mass is 10.1. The van der Waals surface area contributed by atoms with Crippen molar-refractivity contribution in [2.24, 2.45) is 0 Å². The number of halogens is 1. The van der Waals surface area contributed by atoms with Crippen molar-refractivity contribution in [3.05, 3.63) is 82.3 Å². The average molecular weight is 360 g/mol. The molecule has 0 aliphatic heterocycles. The number of hydrogen-bond acceptors (Lipinski definition) is 2. The maximum Gasteiger partial charge on any atom is 0.0664 e. The first-order valence-corrected chi connectivity index (χ1v) is 8.38. The van der Waals surface area contributed by atoms with E-state index in [2.05, 4.69) is 76.3 Å². The fourth-order valence-electron chi connectivity index (χ4n) is 2.46. The quantitative estimate of drug-likeness (QED) is 0.794. The van der Waals surface area contributed by atoms with Gasteiger partial charge in [-0.05, 0) is 28.6 Å². The molecule has 2 nitrogen and oxygen atoms in total. The molecular formula is C19H22BrNO. The topological polar surface area (TPSA) is 23.5 Å². The van der Waals surface area contributed by atoms with Crippen molar-refractivity contribution >= 4 is 15.9 Å². The van der Waals surface area contributed by atoms with Crippen LogP contribution >= 0.6 is 15.9 Å². The number of aliphatic hydroxyl groups is 1. The van der Waals surface area contributed by atoms with Gasteiger partial charge in [0.1, 0.15) is 0 Å². The number of aliphatic hydroxyl groups excluding tert-OH is 1. The van der Waals surface area contributed by atoms with E-state index in [0.29, 0.717) is 0 Å². The first-order chi connectivity index (χ1) is 10.7. The van der Waals surface area contributed by atoms with Crippen molar-refractivity contribution in [2.75, 3.05) is 6.61 Å². The summed E-state index contributed by atoms with van der Waals surface area (Å²) in [5.41, 5.74) is 3.53. The minimum absolute atomic E-state index is 0.0620. The highest BCUT2D eigenvalue weighted by Crippen LogP contribution is 2.18. The van der Waals surface area contributed by atoms with E-state index in [4.69, 9.17) is 0 Å². The monoisotopic (exact) mass is 359 g/mol. The van der Waals surface area contributed by atoms with Gasteiger partial charge in [0.05, 0.1) is 6.61 Å². The molecule has 2 rings (SSSR count). The van der Waals surface area contributed by atoms with Crippen LogP contribution in [-0.4, -0.2) is 22.7 Å². The van der Waals surface area contributed by atoms with Crippen LogP contribution in [0.3, 0.4) is 0 Å². The molecule has 0 amide bonds. The van der Waals surface area contributed by atoms with Crippen LogP contribution in [0.1, 0.15) is 18.1 Å². The lowest BCUT2D eigenvalue weighted by Crippen LogP contribution is -2.34. The van der Waals surface area contributed by atoms with Gasteiger partial charge in [0.25, 0.3) is 0 Å². The summed E-state index contributed by atoms with van der Waals surface area (Å²) in [6.45, 7) is 3.89. The third-order valence-electron chi connectivity index (χ3n) is 3.86. The van der Waals surface area contributed by atoms with E-state index in [0.717, 1.165) is 18.7 Å². The Hall–Kier alpha value is -1.42. The molecule has 0 fully saturated rings. The Balaban J connectivity index is 2.20. The average Bonchev–Trinajstić information content (AvgIpc) is 2.57. The van der Waals surface area contributed by atoms with Crippen molar-refractivity contribution in [2.45, 2.75) is 26.1 Å². The van der Waals surface area contributed by atoms with Crippen LogP contribution in [0.2, 0.25) is 0 Å². The molecule has 3 heteroatoms. The van der Waals surface area contributed by atoms with Gasteiger partial charge in [-0.3, -0.25) is 4.90 Å². The van der Waals surface area contributed by atoms with Gasteiger partial charge >= 0.3 is 0 Å². The number of hydrogen-bond donors (Lipinski definition) is 1. The molecule has 0 aliphatic rings. The van der Waals surface area contributed by atoms with E-state index in [9.17, 15) is 5.11 Å². The standard InChI is InChI=1S/C19H22BrNO/c1-16(19(12-20)15-22)21(13-17-8-4-2-5-9-17)14-18-10-6-3-7-11-18/h2-12,16,22H,13-15H2,1H3/b19-12+/t16-/m0/s1. The molecule has 0 aromatic heterocycles. The molecule has 0 aliphatic carbocycles. The summed E-state index contributed by atoms with van der Waals surface area (Å²) in [5.74, 6) is 0. The van der Waals surface area contributed by atoms with Gasteiger partial charge in [0.2, 0.25) is 0 Å². The van der Waals surface area contributed by atoms with E-state index in [-0.39, 0.29) is 12.6 Å². The molecular weight excluding hydrogens is 338 g/mol. The molecule has 1 atom stereocenters. The minimum Gasteiger partial charge on any atom is -0.392 e. The maximum atomic E-state index is 9.55. The van der Waals surface area contributed by atoms with Gasteiger partial charge in [0, 0.05) is 19.1 Å². The normalized spacial score (nSPS) is 13.4. The molecule has 0 heterocycles. The second-order valence-electron chi connectivity index (χ2n) is 5.39. The second kappa shape index (κ2) is 8.89. The van der Waals surface area contributed by atoms with Gasteiger partial charge in [-0.25, -0.2) is 0 Å². The van der Waals surface area contributed by atoms with Crippen molar-refractivity contribution in [3.8, 4) is 0 Å². The largest absolute Gasteiger partial charge is 0.392 e. The Morgan fingerprint density at radius 2 is 1.45 bits per heavy atom. The summed E-state index contributed by atoms with van der Waals surface area (Å²) in [7, 11) is 0. The third-order valence-corrected chi connectivity index (χ3v) is 4.45. The lowest BCUT2D eigenvalue weighted by Gasteiger charge is -2.30. The van der Waals surface area contributed by atoms with E-state index < -0.39 is 0 Å². The Morgan fingerprint density at radius 1 is 1.00 bits per heavy atom. The molecule has 0 radical (unpaired) electrons. The highest BCUT2D eigenvalue weighted by molar-refractivity contribution is 9.11. The van der Waals surface area contributed by atoms with Crippen LogP contribution in [0.5, 0.6) is 0 Å². The fraction of sp³-hybridized carbons (Fsp3) is 0.263. The molecule has 0 unspecified atom stereocenters. The molecule has 2 aromatic rings. The van der Waals surface area contributed by atoms with Gasteiger partial charge in [0.15, 0.2) is 0 Å². The molecule has 2 aromatic carbocycles. The smallest absolute Gasteiger partial charge is 0.0664 e. The first kappa shape index (κ1) is 16.9. The van der Waals surface area contributed by atoms with Crippen LogP contribution in [0.25, 0.3) is 0 Å². The zero-order valence-electron chi connectivity index (χ0n) is 12.8. The number of rotatable bonds is 7. The van der Waals surface area contributed by atoms with Crippen molar-refractivity contribution in [1.29, 1.82) is 0 Å². The van der Waals surface area contributed by atoms with E-state index in [1.165, 1.54) is 11.1 Å². The van der Waals surface area contributed by atoms with Crippen LogP contribution in [-0.2, 0) is 13.1 Å². The Morgan fingerprint density at radius 3 is 1.82 bits per heavy atom. The Bertz CT molecular complexity index is 541. The van der Waals surface area contributed by atoms with Gasteiger partial charge in [-0.2, -0.15) is 0 Å². The van der Waals surface area contributed by atoms with Crippen molar-refractivity contribution in [1.82, 2.24) is 4.90 Å².